The molecule has 2 aromatic rings. The molecule has 7 heteroatoms. The molecule has 114 valence electrons. The molecule has 23 heavy (non-hydrogen) atoms. The van der Waals surface area contributed by atoms with Gasteiger partial charge >= 0.3 is 5.69 Å². The second kappa shape index (κ2) is 5.38. The molecule has 0 aromatic heterocycles. The van der Waals surface area contributed by atoms with E-state index in [1.54, 1.807) is 30.3 Å². The van der Waals surface area contributed by atoms with E-state index < -0.39 is 28.2 Å². The van der Waals surface area contributed by atoms with Crippen LogP contribution >= 0.6 is 0 Å². The first kappa shape index (κ1) is 14.5. The maximum Gasteiger partial charge on any atom is 0.311 e. The van der Waals surface area contributed by atoms with E-state index in [-0.39, 0.29) is 16.7 Å². The number of imide groups is 1. The minimum absolute atomic E-state index is 0.0456. The van der Waals surface area contributed by atoms with Gasteiger partial charge in [0.1, 0.15) is 0 Å². The molecule has 0 unspecified atom stereocenters. The molecule has 2 aromatic carbocycles. The highest BCUT2D eigenvalue weighted by Gasteiger charge is 2.33. The van der Waals surface area contributed by atoms with Crippen LogP contribution in [0.2, 0.25) is 0 Å². The van der Waals surface area contributed by atoms with E-state index in [0.29, 0.717) is 5.56 Å². The number of carbonyl (C=O) groups excluding carboxylic acids is 2. The molecule has 2 N–H and O–H groups in total. The molecule has 1 aliphatic rings. The van der Waals surface area contributed by atoms with Crippen LogP contribution in [0.15, 0.2) is 48.5 Å². The molecule has 0 saturated heterocycles. The third-order valence-corrected chi connectivity index (χ3v) is 3.45. The predicted molar refractivity (Wildman–Crippen MR) is 81.2 cm³/mol. The Morgan fingerprint density at radius 1 is 0.913 bits per heavy atom. The predicted octanol–water partition coefficient (Wildman–Crippen LogP) is 1.87. The van der Waals surface area contributed by atoms with E-state index in [4.69, 9.17) is 0 Å². The van der Waals surface area contributed by atoms with Gasteiger partial charge in [0.25, 0.3) is 11.8 Å². The fraction of sp³-hybridized carbons (Fsp3) is 0. The number of hydrogen-bond acceptors (Lipinski definition) is 5. The van der Waals surface area contributed by atoms with Crippen LogP contribution in [0.25, 0.3) is 11.1 Å². The van der Waals surface area contributed by atoms with E-state index in [2.05, 4.69) is 5.32 Å². The summed E-state index contributed by atoms with van der Waals surface area (Å²) in [5.41, 5.74) is 0.382. The summed E-state index contributed by atoms with van der Waals surface area (Å²) in [4.78, 5) is 34.4. The van der Waals surface area contributed by atoms with Gasteiger partial charge in [-0.1, -0.05) is 30.3 Å². The summed E-state index contributed by atoms with van der Waals surface area (Å²) in [5, 5.41) is 22.7. The number of nitro benzene ring substituents is 1. The number of rotatable bonds is 3. The highest BCUT2D eigenvalue weighted by atomic mass is 16.6. The van der Waals surface area contributed by atoms with Crippen molar-refractivity contribution >= 4 is 28.6 Å². The number of nitro groups is 1. The second-order valence-corrected chi connectivity index (χ2v) is 4.86. The topological polar surface area (TPSA) is 110 Å². The fourth-order valence-electron chi connectivity index (χ4n) is 2.44. The monoisotopic (exact) mass is 310 g/mol. The molecule has 7 nitrogen and oxygen atoms in total. The second-order valence-electron chi connectivity index (χ2n) is 4.86. The van der Waals surface area contributed by atoms with Crippen LogP contribution in [0.5, 0.6) is 5.75 Å². The summed E-state index contributed by atoms with van der Waals surface area (Å²) in [6.45, 7) is 0. The number of phenolic OH excluding ortho intramolecular Hbond substituents is 1. The molecule has 1 aliphatic heterocycles. The third kappa shape index (κ3) is 2.44. The SMILES string of the molecule is O=C1NC(=O)C(c2ccc(O)c([N+](=O)[O-])c2)=C1c1ccccc1. The highest BCUT2D eigenvalue weighted by Crippen LogP contribution is 2.35. The van der Waals surface area contributed by atoms with E-state index in [9.17, 15) is 24.8 Å². The lowest BCUT2D eigenvalue weighted by molar-refractivity contribution is -0.385. The summed E-state index contributed by atoms with van der Waals surface area (Å²) in [6, 6.07) is 12.1. The van der Waals surface area contributed by atoms with Crippen molar-refractivity contribution < 1.29 is 19.6 Å². The number of carbonyl (C=O) groups is 2. The van der Waals surface area contributed by atoms with Crippen LogP contribution in [0.1, 0.15) is 11.1 Å². The molecule has 0 spiro atoms. The van der Waals surface area contributed by atoms with Crippen LogP contribution in [0.3, 0.4) is 0 Å². The Labute approximate surface area is 130 Å². The number of aromatic hydroxyl groups is 1. The molecule has 0 saturated carbocycles. The van der Waals surface area contributed by atoms with Gasteiger partial charge in [-0.3, -0.25) is 25.0 Å². The van der Waals surface area contributed by atoms with Crippen LogP contribution in [-0.2, 0) is 9.59 Å². The zero-order valence-corrected chi connectivity index (χ0v) is 11.6. The summed E-state index contributed by atoms with van der Waals surface area (Å²) < 4.78 is 0. The lowest BCUT2D eigenvalue weighted by Gasteiger charge is -2.05. The first-order valence-electron chi connectivity index (χ1n) is 6.62. The summed E-state index contributed by atoms with van der Waals surface area (Å²) in [5.74, 6) is -1.70. The van der Waals surface area contributed by atoms with Gasteiger partial charge in [0.05, 0.1) is 16.1 Å². The lowest BCUT2D eigenvalue weighted by atomic mass is 9.96. The molecular formula is C16H10N2O5. The molecule has 0 atom stereocenters. The first-order chi connectivity index (χ1) is 11.0. The highest BCUT2D eigenvalue weighted by molar-refractivity contribution is 6.49. The summed E-state index contributed by atoms with van der Waals surface area (Å²) in [7, 11) is 0. The zero-order chi connectivity index (χ0) is 16.6. The average Bonchev–Trinajstić information content (AvgIpc) is 2.83. The normalized spacial score (nSPS) is 14.1. The maximum absolute atomic E-state index is 12.1. The van der Waals surface area contributed by atoms with Crippen LogP contribution in [0.4, 0.5) is 5.69 Å². The first-order valence-corrected chi connectivity index (χ1v) is 6.62. The van der Waals surface area contributed by atoms with Crippen molar-refractivity contribution in [2.75, 3.05) is 0 Å². The van der Waals surface area contributed by atoms with Gasteiger partial charge in [-0.2, -0.15) is 0 Å². The number of phenols is 1. The molecule has 0 aliphatic carbocycles. The number of nitrogens with zero attached hydrogens (tertiary/aromatic N) is 1. The van der Waals surface area contributed by atoms with Crippen LogP contribution in [-0.4, -0.2) is 21.8 Å². The summed E-state index contributed by atoms with van der Waals surface area (Å²) >= 11 is 0. The minimum Gasteiger partial charge on any atom is -0.502 e. The Hall–Kier alpha value is -3.48. The minimum atomic E-state index is -0.754. The van der Waals surface area contributed by atoms with Crippen molar-refractivity contribution in [1.29, 1.82) is 0 Å². The van der Waals surface area contributed by atoms with Crippen LogP contribution in [0, 0.1) is 10.1 Å². The third-order valence-electron chi connectivity index (χ3n) is 3.45. The van der Waals surface area contributed by atoms with Gasteiger partial charge in [-0.05, 0) is 23.3 Å². The molecule has 1 heterocycles. The Bertz CT molecular complexity index is 871. The Kier molecular flexibility index (Phi) is 3.38. The Morgan fingerprint density at radius 2 is 1.52 bits per heavy atom. The quantitative estimate of drug-likeness (QED) is 0.511. The van der Waals surface area contributed by atoms with E-state index in [1.807, 2.05) is 0 Å². The van der Waals surface area contributed by atoms with E-state index in [1.165, 1.54) is 6.07 Å². The number of nitrogens with one attached hydrogen (secondary N) is 1. The number of hydrogen-bond donors (Lipinski definition) is 2. The fourth-order valence-corrected chi connectivity index (χ4v) is 2.44. The smallest absolute Gasteiger partial charge is 0.311 e. The van der Waals surface area contributed by atoms with Crippen molar-refractivity contribution in [3.05, 3.63) is 69.8 Å². The summed E-state index contributed by atoms with van der Waals surface area (Å²) in [6.07, 6.45) is 0. The molecule has 0 bridgehead atoms. The van der Waals surface area contributed by atoms with Crippen molar-refractivity contribution in [3.8, 4) is 5.75 Å². The average molecular weight is 310 g/mol. The molecule has 2 amide bonds. The number of benzene rings is 2. The lowest BCUT2D eigenvalue weighted by Crippen LogP contribution is -2.22. The number of amides is 2. The van der Waals surface area contributed by atoms with Gasteiger partial charge < -0.3 is 5.11 Å². The van der Waals surface area contributed by atoms with Gasteiger partial charge in [-0.15, -0.1) is 0 Å². The Balaban J connectivity index is 2.25. The largest absolute Gasteiger partial charge is 0.502 e. The van der Waals surface area contributed by atoms with Crippen molar-refractivity contribution in [2.45, 2.75) is 0 Å². The van der Waals surface area contributed by atoms with Crippen molar-refractivity contribution in [1.82, 2.24) is 5.32 Å². The van der Waals surface area contributed by atoms with Crippen molar-refractivity contribution in [2.24, 2.45) is 0 Å². The van der Waals surface area contributed by atoms with E-state index in [0.717, 1.165) is 12.1 Å². The van der Waals surface area contributed by atoms with Gasteiger partial charge in [0.15, 0.2) is 5.75 Å². The molecule has 0 fully saturated rings. The molecule has 0 radical (unpaired) electrons. The van der Waals surface area contributed by atoms with Gasteiger partial charge in [-0.25, -0.2) is 0 Å². The Morgan fingerprint density at radius 3 is 2.13 bits per heavy atom. The van der Waals surface area contributed by atoms with Gasteiger partial charge in [0, 0.05) is 6.07 Å². The molecular weight excluding hydrogens is 300 g/mol. The van der Waals surface area contributed by atoms with Gasteiger partial charge in [0.2, 0.25) is 0 Å². The molecule has 3 rings (SSSR count). The van der Waals surface area contributed by atoms with E-state index >= 15 is 0 Å². The zero-order valence-electron chi connectivity index (χ0n) is 11.6. The standard InChI is InChI=1S/C16H10N2O5/c19-12-7-6-10(8-11(12)18(22)23)14-13(15(20)17-16(14)21)9-4-2-1-3-5-9/h1-8,19H,(H,17,20,21). The maximum atomic E-state index is 12.1. The van der Waals surface area contributed by atoms with Crippen LogP contribution < -0.4 is 5.32 Å². The van der Waals surface area contributed by atoms with Crippen molar-refractivity contribution in [3.63, 3.8) is 0 Å².